The van der Waals surface area contributed by atoms with Gasteiger partial charge in [0.25, 0.3) is 0 Å². The normalized spacial score (nSPS) is 11.4. The lowest BCUT2D eigenvalue weighted by Crippen LogP contribution is -2.28. The van der Waals surface area contributed by atoms with Gasteiger partial charge in [0, 0.05) is 18.0 Å². The molecule has 134 valence electrons. The maximum Gasteiger partial charge on any atom is 0.243 e. The van der Waals surface area contributed by atoms with Gasteiger partial charge in [-0.15, -0.1) is 0 Å². The highest BCUT2D eigenvalue weighted by atomic mass is 35.5. The standard InChI is InChI=1S/C16H15Cl2FN2O3S/c1-10-2-4-14(12(18)8-10)21-16(22)6-7-20-25(23,24)15-5-3-11(17)9-13(15)19/h2-5,8-9,20H,6-7H2,1H3,(H,21,22). The van der Waals surface area contributed by atoms with E-state index in [0.717, 1.165) is 17.7 Å². The monoisotopic (exact) mass is 404 g/mol. The van der Waals surface area contributed by atoms with E-state index in [9.17, 15) is 17.6 Å². The summed E-state index contributed by atoms with van der Waals surface area (Å²) in [5.41, 5.74) is 1.38. The van der Waals surface area contributed by atoms with Gasteiger partial charge in [-0.3, -0.25) is 4.79 Å². The largest absolute Gasteiger partial charge is 0.325 e. The van der Waals surface area contributed by atoms with Crippen molar-refractivity contribution >= 4 is 44.8 Å². The van der Waals surface area contributed by atoms with E-state index in [2.05, 4.69) is 10.0 Å². The van der Waals surface area contributed by atoms with Gasteiger partial charge in [0.05, 0.1) is 10.7 Å². The number of nitrogens with one attached hydrogen (secondary N) is 2. The number of hydrogen-bond donors (Lipinski definition) is 2. The SMILES string of the molecule is Cc1ccc(NC(=O)CCNS(=O)(=O)c2ccc(Cl)cc2F)c(Cl)c1. The molecule has 0 aliphatic rings. The molecule has 0 radical (unpaired) electrons. The summed E-state index contributed by atoms with van der Waals surface area (Å²) < 4.78 is 40.0. The molecule has 2 aromatic rings. The van der Waals surface area contributed by atoms with Gasteiger partial charge in [0.1, 0.15) is 10.7 Å². The van der Waals surface area contributed by atoms with Crippen LogP contribution in [0.15, 0.2) is 41.3 Å². The molecule has 1 amide bonds. The van der Waals surface area contributed by atoms with Crippen LogP contribution in [0.1, 0.15) is 12.0 Å². The summed E-state index contributed by atoms with van der Waals surface area (Å²) >= 11 is 11.6. The van der Waals surface area contributed by atoms with Crippen LogP contribution < -0.4 is 10.0 Å². The Morgan fingerprint density at radius 3 is 2.52 bits per heavy atom. The van der Waals surface area contributed by atoms with Crippen molar-refractivity contribution in [3.05, 3.63) is 57.8 Å². The highest BCUT2D eigenvalue weighted by molar-refractivity contribution is 7.89. The first kappa shape index (κ1) is 19.7. The summed E-state index contributed by atoms with van der Waals surface area (Å²) in [4.78, 5) is 11.4. The molecule has 0 unspecified atom stereocenters. The second kappa shape index (κ2) is 8.14. The molecule has 0 fully saturated rings. The molecule has 0 bridgehead atoms. The summed E-state index contributed by atoms with van der Waals surface area (Å²) in [6, 6.07) is 8.37. The summed E-state index contributed by atoms with van der Waals surface area (Å²) in [7, 11) is -4.08. The third-order valence-corrected chi connectivity index (χ3v) is 5.27. The molecule has 0 aromatic heterocycles. The molecule has 5 nitrogen and oxygen atoms in total. The zero-order valence-electron chi connectivity index (χ0n) is 13.1. The number of amides is 1. The second-order valence-corrected chi connectivity index (χ2v) is 7.83. The number of carbonyl (C=O) groups is 1. The minimum Gasteiger partial charge on any atom is -0.325 e. The van der Waals surface area contributed by atoms with Crippen molar-refractivity contribution in [2.24, 2.45) is 0 Å². The Morgan fingerprint density at radius 1 is 1.16 bits per heavy atom. The van der Waals surface area contributed by atoms with Gasteiger partial charge in [-0.05, 0) is 42.8 Å². The molecule has 25 heavy (non-hydrogen) atoms. The molecule has 2 N–H and O–H groups in total. The lowest BCUT2D eigenvalue weighted by Gasteiger charge is -2.09. The molecule has 0 aliphatic heterocycles. The number of aryl methyl sites for hydroxylation is 1. The van der Waals surface area contributed by atoms with Gasteiger partial charge in [0.2, 0.25) is 15.9 Å². The zero-order valence-corrected chi connectivity index (χ0v) is 15.5. The maximum absolute atomic E-state index is 13.7. The lowest BCUT2D eigenvalue weighted by atomic mass is 10.2. The van der Waals surface area contributed by atoms with E-state index in [1.165, 1.54) is 6.07 Å². The van der Waals surface area contributed by atoms with Crippen LogP contribution in [0.5, 0.6) is 0 Å². The number of halogens is 3. The fraction of sp³-hybridized carbons (Fsp3) is 0.188. The quantitative estimate of drug-likeness (QED) is 0.769. The Morgan fingerprint density at radius 2 is 1.88 bits per heavy atom. The van der Waals surface area contributed by atoms with Crippen molar-refractivity contribution in [1.29, 1.82) is 0 Å². The summed E-state index contributed by atoms with van der Waals surface area (Å²) in [6.07, 6.45) is -0.140. The zero-order chi connectivity index (χ0) is 18.6. The van der Waals surface area contributed by atoms with E-state index in [-0.39, 0.29) is 18.0 Å². The first-order valence-electron chi connectivity index (χ1n) is 7.20. The Labute approximate surface area is 155 Å². The highest BCUT2D eigenvalue weighted by Crippen LogP contribution is 2.23. The van der Waals surface area contributed by atoms with Gasteiger partial charge in [0.15, 0.2) is 0 Å². The highest BCUT2D eigenvalue weighted by Gasteiger charge is 2.19. The smallest absolute Gasteiger partial charge is 0.243 e. The number of hydrogen-bond acceptors (Lipinski definition) is 3. The topological polar surface area (TPSA) is 75.3 Å². The van der Waals surface area contributed by atoms with Crippen molar-refractivity contribution < 1.29 is 17.6 Å². The summed E-state index contributed by atoms with van der Waals surface area (Å²) in [5, 5.41) is 3.06. The summed E-state index contributed by atoms with van der Waals surface area (Å²) in [6.45, 7) is 1.67. The van der Waals surface area contributed by atoms with Gasteiger partial charge in [-0.2, -0.15) is 0 Å². The number of rotatable bonds is 6. The Balaban J connectivity index is 1.94. The van der Waals surface area contributed by atoms with E-state index in [0.29, 0.717) is 10.7 Å². The van der Waals surface area contributed by atoms with Crippen LogP contribution in [-0.2, 0) is 14.8 Å². The molecule has 2 aromatic carbocycles. The fourth-order valence-corrected chi connectivity index (χ4v) is 3.53. The number of benzene rings is 2. The molecule has 0 aliphatic carbocycles. The van der Waals surface area contributed by atoms with E-state index < -0.39 is 26.6 Å². The Hall–Kier alpha value is -1.67. The van der Waals surface area contributed by atoms with E-state index in [1.807, 2.05) is 6.92 Å². The van der Waals surface area contributed by atoms with Crippen LogP contribution in [-0.4, -0.2) is 20.9 Å². The molecule has 0 spiro atoms. The molecule has 2 rings (SSSR count). The number of anilines is 1. The van der Waals surface area contributed by atoms with Crippen LogP contribution in [0.2, 0.25) is 10.0 Å². The third kappa shape index (κ3) is 5.40. The molecular weight excluding hydrogens is 390 g/mol. The Kier molecular flexibility index (Phi) is 6.40. The molecule has 0 atom stereocenters. The van der Waals surface area contributed by atoms with Gasteiger partial charge < -0.3 is 5.32 Å². The van der Waals surface area contributed by atoms with Crippen LogP contribution in [0, 0.1) is 12.7 Å². The van der Waals surface area contributed by atoms with Gasteiger partial charge in [-0.1, -0.05) is 29.3 Å². The maximum atomic E-state index is 13.7. The van der Waals surface area contributed by atoms with Gasteiger partial charge >= 0.3 is 0 Å². The number of sulfonamides is 1. The first-order chi connectivity index (χ1) is 11.7. The number of carbonyl (C=O) groups excluding carboxylic acids is 1. The minimum absolute atomic E-state index is 0.0887. The van der Waals surface area contributed by atoms with Crippen LogP contribution >= 0.6 is 23.2 Å². The van der Waals surface area contributed by atoms with Crippen molar-refractivity contribution in [3.8, 4) is 0 Å². The van der Waals surface area contributed by atoms with Crippen molar-refractivity contribution in [2.75, 3.05) is 11.9 Å². The molecular formula is C16H15Cl2FN2O3S. The van der Waals surface area contributed by atoms with Crippen LogP contribution in [0.25, 0.3) is 0 Å². The second-order valence-electron chi connectivity index (χ2n) is 5.25. The predicted octanol–water partition coefficient (Wildman–Crippen LogP) is 3.75. The lowest BCUT2D eigenvalue weighted by molar-refractivity contribution is -0.116. The third-order valence-electron chi connectivity index (χ3n) is 3.23. The Bertz CT molecular complexity index is 904. The average Bonchev–Trinajstić information content (AvgIpc) is 2.49. The van der Waals surface area contributed by atoms with E-state index in [4.69, 9.17) is 23.2 Å². The summed E-state index contributed by atoms with van der Waals surface area (Å²) in [5.74, 6) is -1.39. The molecule has 0 heterocycles. The van der Waals surface area contributed by atoms with Crippen LogP contribution in [0.4, 0.5) is 10.1 Å². The van der Waals surface area contributed by atoms with Crippen molar-refractivity contribution in [3.63, 3.8) is 0 Å². The van der Waals surface area contributed by atoms with Crippen LogP contribution in [0.3, 0.4) is 0 Å². The predicted molar refractivity (Wildman–Crippen MR) is 96.0 cm³/mol. The molecule has 9 heteroatoms. The van der Waals surface area contributed by atoms with E-state index in [1.54, 1.807) is 18.2 Å². The van der Waals surface area contributed by atoms with Crippen molar-refractivity contribution in [2.45, 2.75) is 18.2 Å². The average molecular weight is 405 g/mol. The minimum atomic E-state index is -4.08. The van der Waals surface area contributed by atoms with Gasteiger partial charge in [-0.25, -0.2) is 17.5 Å². The van der Waals surface area contributed by atoms with E-state index >= 15 is 0 Å². The molecule has 0 saturated carbocycles. The fourth-order valence-electron chi connectivity index (χ4n) is 2.00. The first-order valence-corrected chi connectivity index (χ1v) is 9.43. The van der Waals surface area contributed by atoms with Crippen molar-refractivity contribution in [1.82, 2.24) is 4.72 Å². The molecule has 0 saturated heterocycles.